The number of fused-ring (bicyclic) bond motifs is 1. The van der Waals surface area contributed by atoms with Gasteiger partial charge in [-0.15, -0.1) is 0 Å². The van der Waals surface area contributed by atoms with E-state index in [1.54, 1.807) is 46.2 Å². The summed E-state index contributed by atoms with van der Waals surface area (Å²) >= 11 is 0. The fourth-order valence-electron chi connectivity index (χ4n) is 4.09. The van der Waals surface area contributed by atoms with Gasteiger partial charge in [0.15, 0.2) is 5.78 Å². The molecule has 170 valence electrons. The average Bonchev–Trinajstić information content (AvgIpc) is 3.07. The lowest BCUT2D eigenvalue weighted by molar-refractivity contribution is -0.139. The van der Waals surface area contributed by atoms with Gasteiger partial charge in [0.1, 0.15) is 6.54 Å². The van der Waals surface area contributed by atoms with Crippen LogP contribution in [0.2, 0.25) is 0 Å². The normalized spacial score (nSPS) is 15.6. The minimum atomic E-state index is -0.462. The summed E-state index contributed by atoms with van der Waals surface area (Å²) in [6, 6.07) is 13.8. The lowest BCUT2D eigenvalue weighted by atomic mass is 10.0. The van der Waals surface area contributed by atoms with Gasteiger partial charge in [-0.25, -0.2) is 0 Å². The van der Waals surface area contributed by atoms with Gasteiger partial charge in [0.05, 0.1) is 11.1 Å². The zero-order chi connectivity index (χ0) is 23.5. The quantitative estimate of drug-likeness (QED) is 0.498. The number of hydrogen-bond donors (Lipinski definition) is 0. The number of carbonyl (C=O) groups excluding carboxylic acids is 5. The van der Waals surface area contributed by atoms with Crippen molar-refractivity contribution in [3.63, 3.8) is 0 Å². The smallest absolute Gasteiger partial charge is 0.262 e. The molecule has 2 aliphatic heterocycles. The van der Waals surface area contributed by atoms with Crippen LogP contribution in [0.25, 0.3) is 0 Å². The molecule has 1 fully saturated rings. The Kier molecular flexibility index (Phi) is 6.35. The Bertz CT molecular complexity index is 1080. The fourth-order valence-corrected chi connectivity index (χ4v) is 4.09. The Labute approximate surface area is 191 Å². The molecule has 0 spiro atoms. The van der Waals surface area contributed by atoms with Gasteiger partial charge in [-0.1, -0.05) is 42.0 Å². The summed E-state index contributed by atoms with van der Waals surface area (Å²) in [5.41, 5.74) is 2.28. The molecule has 2 aromatic rings. The molecule has 33 heavy (non-hydrogen) atoms. The molecule has 2 heterocycles. The fraction of sp³-hybridized carbons (Fsp3) is 0.320. The number of aryl methyl sites for hydroxylation is 1. The minimum absolute atomic E-state index is 0.0712. The molecular weight excluding hydrogens is 422 g/mol. The summed E-state index contributed by atoms with van der Waals surface area (Å²) in [7, 11) is 0. The molecule has 4 amide bonds. The van der Waals surface area contributed by atoms with Crippen LogP contribution in [-0.2, 0) is 9.59 Å². The van der Waals surface area contributed by atoms with E-state index in [1.165, 1.54) is 0 Å². The molecule has 0 bridgehead atoms. The van der Waals surface area contributed by atoms with Crippen LogP contribution in [0.3, 0.4) is 0 Å². The Balaban J connectivity index is 1.25. The van der Waals surface area contributed by atoms with Gasteiger partial charge < -0.3 is 9.80 Å². The third kappa shape index (κ3) is 4.69. The number of carbonyl (C=O) groups is 5. The number of piperazine rings is 1. The van der Waals surface area contributed by atoms with E-state index in [0.29, 0.717) is 42.9 Å². The van der Waals surface area contributed by atoms with E-state index >= 15 is 0 Å². The van der Waals surface area contributed by atoms with Crippen molar-refractivity contribution in [3.05, 3.63) is 70.8 Å². The standard InChI is InChI=1S/C25H25N3O5/c1-17-6-8-18(9-7-17)21(29)10-11-22(30)26-12-14-27(15-13-26)23(31)16-28-24(32)19-4-2-3-5-20(19)25(28)33/h2-9H,10-16H2,1H3. The SMILES string of the molecule is Cc1ccc(C(=O)CCC(=O)N2CCN(C(=O)CN3C(=O)c4ccccc4C3=O)CC2)cc1. The maximum atomic E-state index is 12.7. The monoisotopic (exact) mass is 447 g/mol. The van der Waals surface area contributed by atoms with E-state index in [2.05, 4.69) is 0 Å². The minimum Gasteiger partial charge on any atom is -0.339 e. The number of nitrogens with zero attached hydrogens (tertiary/aromatic N) is 3. The van der Waals surface area contributed by atoms with Gasteiger partial charge >= 0.3 is 0 Å². The number of Topliss-reactive ketones (excluding diaryl/α,β-unsaturated/α-hetero) is 1. The van der Waals surface area contributed by atoms with Crippen molar-refractivity contribution in [2.75, 3.05) is 32.7 Å². The van der Waals surface area contributed by atoms with Crippen molar-refractivity contribution in [3.8, 4) is 0 Å². The van der Waals surface area contributed by atoms with Crippen LogP contribution in [0.15, 0.2) is 48.5 Å². The predicted octanol–water partition coefficient (Wildman–Crippen LogP) is 1.92. The molecule has 4 rings (SSSR count). The summed E-state index contributed by atoms with van der Waals surface area (Å²) in [6.07, 6.45) is 0.260. The van der Waals surface area contributed by atoms with Gasteiger partial charge in [0.25, 0.3) is 11.8 Å². The zero-order valence-corrected chi connectivity index (χ0v) is 18.5. The van der Waals surface area contributed by atoms with Crippen LogP contribution >= 0.6 is 0 Å². The molecular formula is C25H25N3O5. The van der Waals surface area contributed by atoms with Crippen LogP contribution in [0.5, 0.6) is 0 Å². The largest absolute Gasteiger partial charge is 0.339 e. The number of imide groups is 1. The average molecular weight is 447 g/mol. The third-order valence-corrected chi connectivity index (χ3v) is 6.10. The van der Waals surface area contributed by atoms with Crippen LogP contribution in [-0.4, -0.2) is 76.8 Å². The first-order chi connectivity index (χ1) is 15.8. The highest BCUT2D eigenvalue weighted by atomic mass is 16.2. The molecule has 1 saturated heterocycles. The number of ketones is 1. The van der Waals surface area contributed by atoms with Crippen LogP contribution in [0.4, 0.5) is 0 Å². The summed E-state index contributed by atoms with van der Waals surface area (Å²) in [5.74, 6) is -1.45. The van der Waals surface area contributed by atoms with E-state index in [4.69, 9.17) is 0 Å². The summed E-state index contributed by atoms with van der Waals surface area (Å²) in [5, 5.41) is 0. The van der Waals surface area contributed by atoms with E-state index in [-0.39, 0.29) is 37.0 Å². The van der Waals surface area contributed by atoms with Crippen molar-refractivity contribution >= 4 is 29.4 Å². The van der Waals surface area contributed by atoms with Crippen molar-refractivity contribution in [2.45, 2.75) is 19.8 Å². The number of benzene rings is 2. The van der Waals surface area contributed by atoms with Crippen molar-refractivity contribution in [2.24, 2.45) is 0 Å². The number of amides is 4. The predicted molar refractivity (Wildman–Crippen MR) is 120 cm³/mol. The zero-order valence-electron chi connectivity index (χ0n) is 18.5. The molecule has 0 aliphatic carbocycles. The summed E-state index contributed by atoms with van der Waals surface area (Å²) < 4.78 is 0. The molecule has 0 aromatic heterocycles. The molecule has 0 atom stereocenters. The van der Waals surface area contributed by atoms with E-state index in [9.17, 15) is 24.0 Å². The lowest BCUT2D eigenvalue weighted by Crippen LogP contribution is -2.53. The van der Waals surface area contributed by atoms with Gasteiger partial charge in [-0.2, -0.15) is 0 Å². The van der Waals surface area contributed by atoms with Crippen LogP contribution < -0.4 is 0 Å². The van der Waals surface area contributed by atoms with Gasteiger partial charge in [0, 0.05) is 44.6 Å². The molecule has 0 radical (unpaired) electrons. The molecule has 0 saturated carbocycles. The molecule has 8 nitrogen and oxygen atoms in total. The highest BCUT2D eigenvalue weighted by Crippen LogP contribution is 2.22. The van der Waals surface area contributed by atoms with Crippen LogP contribution in [0, 0.1) is 6.92 Å². The highest BCUT2D eigenvalue weighted by Gasteiger charge is 2.37. The second-order valence-electron chi connectivity index (χ2n) is 8.29. The first-order valence-corrected chi connectivity index (χ1v) is 11.0. The van der Waals surface area contributed by atoms with Gasteiger partial charge in [0.2, 0.25) is 11.8 Å². The summed E-state index contributed by atoms with van der Waals surface area (Å²) in [4.78, 5) is 66.6. The first kappa shape index (κ1) is 22.4. The Hall–Kier alpha value is -3.81. The molecule has 8 heteroatoms. The molecule has 0 N–H and O–H groups in total. The van der Waals surface area contributed by atoms with Crippen molar-refractivity contribution < 1.29 is 24.0 Å². The maximum Gasteiger partial charge on any atom is 0.262 e. The van der Waals surface area contributed by atoms with E-state index < -0.39 is 11.8 Å². The Morgan fingerprint density at radius 3 is 1.79 bits per heavy atom. The number of rotatable bonds is 6. The highest BCUT2D eigenvalue weighted by molar-refractivity contribution is 6.22. The third-order valence-electron chi connectivity index (χ3n) is 6.10. The Morgan fingerprint density at radius 1 is 0.727 bits per heavy atom. The second kappa shape index (κ2) is 9.36. The molecule has 0 unspecified atom stereocenters. The maximum absolute atomic E-state index is 12.7. The second-order valence-corrected chi connectivity index (χ2v) is 8.29. The van der Waals surface area contributed by atoms with E-state index in [1.807, 2.05) is 19.1 Å². The topological polar surface area (TPSA) is 95.1 Å². The van der Waals surface area contributed by atoms with Crippen molar-refractivity contribution in [1.29, 1.82) is 0 Å². The molecule has 2 aromatic carbocycles. The summed E-state index contributed by atoms with van der Waals surface area (Å²) in [6.45, 7) is 2.98. The van der Waals surface area contributed by atoms with Crippen molar-refractivity contribution in [1.82, 2.24) is 14.7 Å². The van der Waals surface area contributed by atoms with Gasteiger partial charge in [-0.05, 0) is 19.1 Å². The lowest BCUT2D eigenvalue weighted by Gasteiger charge is -2.35. The van der Waals surface area contributed by atoms with Crippen LogP contribution in [0.1, 0.15) is 49.5 Å². The molecule has 2 aliphatic rings. The first-order valence-electron chi connectivity index (χ1n) is 11.0. The number of hydrogen-bond acceptors (Lipinski definition) is 5. The Morgan fingerprint density at radius 2 is 1.24 bits per heavy atom. The van der Waals surface area contributed by atoms with E-state index in [0.717, 1.165) is 10.5 Å². The van der Waals surface area contributed by atoms with Gasteiger partial charge in [-0.3, -0.25) is 28.9 Å².